The Hall–Kier alpha value is -2.98. The number of thiophene rings is 1. The molecule has 0 aliphatic heterocycles. The molecule has 0 bridgehead atoms. The van der Waals surface area contributed by atoms with Crippen LogP contribution in [0.15, 0.2) is 24.3 Å². The summed E-state index contributed by atoms with van der Waals surface area (Å²) in [5.74, 6) is -1.26. The lowest BCUT2D eigenvalue weighted by atomic mass is 10.1. The quantitative estimate of drug-likeness (QED) is 0.471. The molecule has 10 heteroatoms. The smallest absolute Gasteiger partial charge is 0.341 e. The van der Waals surface area contributed by atoms with Crippen molar-refractivity contribution in [3.8, 4) is 0 Å². The largest absolute Gasteiger partial charge is 0.465 e. The van der Waals surface area contributed by atoms with Gasteiger partial charge in [0.1, 0.15) is 5.00 Å². The van der Waals surface area contributed by atoms with E-state index in [1.807, 2.05) is 13.8 Å². The van der Waals surface area contributed by atoms with E-state index in [1.165, 1.54) is 14.2 Å². The summed E-state index contributed by atoms with van der Waals surface area (Å²) in [6.45, 7) is 6.58. The number of hydrogen-bond acceptors (Lipinski definition) is 7. The molecule has 0 aliphatic carbocycles. The molecule has 0 saturated heterocycles. The zero-order valence-corrected chi connectivity index (χ0v) is 19.7. The highest BCUT2D eigenvalue weighted by atomic mass is 32.1. The Morgan fingerprint density at radius 2 is 1.65 bits per heavy atom. The molecule has 1 aromatic carbocycles. The lowest BCUT2D eigenvalue weighted by Crippen LogP contribution is -2.30. The van der Waals surface area contributed by atoms with Crippen molar-refractivity contribution < 1.29 is 23.9 Å². The first-order valence-electron chi connectivity index (χ1n) is 9.55. The monoisotopic (exact) mass is 463 g/mol. The van der Waals surface area contributed by atoms with Gasteiger partial charge in [-0.05, 0) is 50.7 Å². The molecule has 1 amide bonds. The predicted molar refractivity (Wildman–Crippen MR) is 125 cm³/mol. The highest BCUT2D eigenvalue weighted by Crippen LogP contribution is 2.34. The van der Waals surface area contributed by atoms with E-state index in [2.05, 4.69) is 10.6 Å². The van der Waals surface area contributed by atoms with Crippen molar-refractivity contribution in [2.75, 3.05) is 37.9 Å². The first-order valence-corrected chi connectivity index (χ1v) is 10.8. The van der Waals surface area contributed by atoms with Gasteiger partial charge in [0.25, 0.3) is 5.91 Å². The summed E-state index contributed by atoms with van der Waals surface area (Å²) >= 11 is 6.51. The molecule has 0 fully saturated rings. The average Bonchev–Trinajstić information content (AvgIpc) is 3.09. The average molecular weight is 464 g/mol. The number of thiocarbonyl (C=S) groups is 1. The number of amides is 1. The standard InChI is InChI=1S/C21H25N3O5S2/c1-6-24(7-2)18(25)16-12(3)15(20(27)29-5)17(31-16)23-21(30)22-14-11-9-8-10-13(14)19(26)28-4/h8-11H,6-7H2,1-5H3,(H2,22,23,30). The van der Waals surface area contributed by atoms with E-state index in [4.69, 9.17) is 21.7 Å². The van der Waals surface area contributed by atoms with E-state index >= 15 is 0 Å². The van der Waals surface area contributed by atoms with E-state index in [0.29, 0.717) is 39.8 Å². The fourth-order valence-electron chi connectivity index (χ4n) is 2.94. The summed E-state index contributed by atoms with van der Waals surface area (Å²) in [5, 5.41) is 6.43. The lowest BCUT2D eigenvalue weighted by Gasteiger charge is -2.18. The zero-order chi connectivity index (χ0) is 23.1. The third kappa shape index (κ3) is 5.39. The van der Waals surface area contributed by atoms with Gasteiger partial charge in [0.15, 0.2) is 5.11 Å². The summed E-state index contributed by atoms with van der Waals surface area (Å²) in [6.07, 6.45) is 0. The Labute approximate surface area is 190 Å². The fourth-order valence-corrected chi connectivity index (χ4v) is 4.39. The van der Waals surface area contributed by atoms with Gasteiger partial charge in [-0.2, -0.15) is 0 Å². The number of para-hydroxylation sites is 1. The highest BCUT2D eigenvalue weighted by molar-refractivity contribution is 7.80. The second-order valence-corrected chi connectivity index (χ2v) is 7.77. The van der Waals surface area contributed by atoms with Crippen LogP contribution in [0.4, 0.5) is 10.7 Å². The molecule has 0 saturated carbocycles. The van der Waals surface area contributed by atoms with E-state index in [1.54, 1.807) is 36.1 Å². The van der Waals surface area contributed by atoms with Crippen LogP contribution in [0.3, 0.4) is 0 Å². The van der Waals surface area contributed by atoms with Crippen molar-refractivity contribution in [2.24, 2.45) is 0 Å². The first kappa shape index (κ1) is 24.3. The van der Waals surface area contributed by atoms with Crippen molar-refractivity contribution >= 4 is 57.2 Å². The maximum Gasteiger partial charge on any atom is 0.341 e. The summed E-state index contributed by atoms with van der Waals surface area (Å²) in [4.78, 5) is 39.4. The molecule has 0 aliphatic rings. The van der Waals surface area contributed by atoms with Crippen molar-refractivity contribution in [1.82, 2.24) is 4.90 Å². The van der Waals surface area contributed by atoms with Crippen LogP contribution >= 0.6 is 23.6 Å². The summed E-state index contributed by atoms with van der Waals surface area (Å²) in [7, 11) is 2.57. The molecule has 2 N–H and O–H groups in total. The molecular weight excluding hydrogens is 438 g/mol. The summed E-state index contributed by atoms with van der Waals surface area (Å²) < 4.78 is 9.69. The molecular formula is C21H25N3O5S2. The molecule has 2 rings (SSSR count). The van der Waals surface area contributed by atoms with Gasteiger partial charge in [-0.25, -0.2) is 9.59 Å². The number of anilines is 2. The number of esters is 2. The molecule has 0 radical (unpaired) electrons. The van der Waals surface area contributed by atoms with Gasteiger partial charge < -0.3 is 25.0 Å². The number of carbonyl (C=O) groups is 3. The van der Waals surface area contributed by atoms with Crippen LogP contribution in [0.1, 0.15) is 49.8 Å². The number of rotatable bonds is 7. The van der Waals surface area contributed by atoms with E-state index in [-0.39, 0.29) is 16.6 Å². The van der Waals surface area contributed by atoms with Crippen LogP contribution in [0.2, 0.25) is 0 Å². The topological polar surface area (TPSA) is 97.0 Å². The van der Waals surface area contributed by atoms with Gasteiger partial charge in [0, 0.05) is 13.1 Å². The Balaban J connectivity index is 2.37. The number of nitrogens with zero attached hydrogens (tertiary/aromatic N) is 1. The van der Waals surface area contributed by atoms with Gasteiger partial charge >= 0.3 is 11.9 Å². The number of carbonyl (C=O) groups excluding carboxylic acids is 3. The molecule has 1 aromatic heterocycles. The maximum absolute atomic E-state index is 12.9. The van der Waals surface area contributed by atoms with Crippen molar-refractivity contribution in [3.05, 3.63) is 45.8 Å². The molecule has 0 unspecified atom stereocenters. The fraction of sp³-hybridized carbons (Fsp3) is 0.333. The summed E-state index contributed by atoms with van der Waals surface area (Å²) in [5.41, 5.74) is 1.52. The van der Waals surface area contributed by atoms with Crippen LogP contribution in [0.25, 0.3) is 0 Å². The van der Waals surface area contributed by atoms with Crippen molar-refractivity contribution in [3.63, 3.8) is 0 Å². The van der Waals surface area contributed by atoms with Gasteiger partial charge in [-0.3, -0.25) is 4.79 Å². The molecule has 31 heavy (non-hydrogen) atoms. The van der Waals surface area contributed by atoms with Crippen molar-refractivity contribution in [1.29, 1.82) is 0 Å². The third-order valence-corrected chi connectivity index (χ3v) is 5.99. The Morgan fingerprint density at radius 1 is 1.03 bits per heavy atom. The lowest BCUT2D eigenvalue weighted by molar-refractivity contribution is 0.0592. The molecule has 8 nitrogen and oxygen atoms in total. The van der Waals surface area contributed by atoms with Crippen molar-refractivity contribution in [2.45, 2.75) is 20.8 Å². The van der Waals surface area contributed by atoms with Crippen LogP contribution in [-0.4, -0.2) is 55.2 Å². The highest BCUT2D eigenvalue weighted by Gasteiger charge is 2.27. The summed E-state index contributed by atoms with van der Waals surface area (Å²) in [6, 6.07) is 6.73. The minimum absolute atomic E-state index is 0.143. The minimum atomic E-state index is -0.576. The normalized spacial score (nSPS) is 10.2. The molecule has 1 heterocycles. The zero-order valence-electron chi connectivity index (χ0n) is 18.0. The van der Waals surface area contributed by atoms with Gasteiger partial charge in [-0.15, -0.1) is 11.3 Å². The molecule has 2 aromatic rings. The number of hydrogen-bond donors (Lipinski definition) is 2. The van der Waals surface area contributed by atoms with Gasteiger partial charge in [0.05, 0.1) is 35.9 Å². The SMILES string of the molecule is CCN(CC)C(=O)c1sc(NC(=S)Nc2ccccc2C(=O)OC)c(C(=O)OC)c1C. The Morgan fingerprint density at radius 3 is 2.23 bits per heavy atom. The molecule has 0 atom stereocenters. The molecule has 0 spiro atoms. The predicted octanol–water partition coefficient (Wildman–Crippen LogP) is 3.92. The third-order valence-electron chi connectivity index (χ3n) is 4.59. The number of nitrogens with one attached hydrogen (secondary N) is 2. The van der Waals surface area contributed by atoms with Gasteiger partial charge in [-0.1, -0.05) is 12.1 Å². The maximum atomic E-state index is 12.9. The van der Waals surface area contributed by atoms with E-state index in [9.17, 15) is 14.4 Å². The Bertz CT molecular complexity index is 999. The minimum Gasteiger partial charge on any atom is -0.465 e. The van der Waals surface area contributed by atoms with Crippen LogP contribution in [0.5, 0.6) is 0 Å². The van der Waals surface area contributed by atoms with Crippen LogP contribution in [-0.2, 0) is 9.47 Å². The second-order valence-electron chi connectivity index (χ2n) is 6.35. The number of methoxy groups -OCH3 is 2. The van der Waals surface area contributed by atoms with Crippen LogP contribution in [0, 0.1) is 6.92 Å². The second kappa shape index (κ2) is 10.9. The van der Waals surface area contributed by atoms with E-state index < -0.39 is 11.9 Å². The number of ether oxygens (including phenoxy) is 2. The van der Waals surface area contributed by atoms with E-state index in [0.717, 1.165) is 11.3 Å². The van der Waals surface area contributed by atoms with Gasteiger partial charge in [0.2, 0.25) is 0 Å². The first-order chi connectivity index (χ1) is 14.8. The Kier molecular flexibility index (Phi) is 8.52. The number of benzene rings is 1. The van der Waals surface area contributed by atoms with Crippen LogP contribution < -0.4 is 10.6 Å². The molecule has 166 valence electrons.